The molecule has 0 saturated carbocycles. The third-order valence-corrected chi connectivity index (χ3v) is 4.65. The minimum atomic E-state index is -0.323. The third-order valence-electron chi connectivity index (χ3n) is 4.65. The second-order valence-corrected chi connectivity index (χ2v) is 6.95. The number of carbonyl (C=O) groups excluding carboxylic acids is 2. The second-order valence-electron chi connectivity index (χ2n) is 6.95. The Labute approximate surface area is 128 Å². The van der Waals surface area contributed by atoms with Gasteiger partial charge in [-0.2, -0.15) is 0 Å². The Morgan fingerprint density at radius 3 is 2.57 bits per heavy atom. The molecule has 0 radical (unpaired) electrons. The van der Waals surface area contributed by atoms with Crippen LogP contribution in [-0.2, 0) is 9.59 Å². The highest BCUT2D eigenvalue weighted by atomic mass is 16.2. The van der Waals surface area contributed by atoms with Crippen molar-refractivity contribution in [3.63, 3.8) is 0 Å². The van der Waals surface area contributed by atoms with E-state index in [-0.39, 0.29) is 29.8 Å². The Balaban J connectivity index is 2.13. The molecular formula is C16H29N3O2. The van der Waals surface area contributed by atoms with Crippen molar-refractivity contribution in [1.29, 1.82) is 0 Å². The van der Waals surface area contributed by atoms with Crippen molar-refractivity contribution in [2.75, 3.05) is 26.7 Å². The predicted molar refractivity (Wildman–Crippen MR) is 82.8 cm³/mol. The maximum atomic E-state index is 12.7. The van der Waals surface area contributed by atoms with Crippen LogP contribution < -0.4 is 5.32 Å². The Morgan fingerprint density at radius 2 is 2.05 bits per heavy atom. The molecule has 2 fully saturated rings. The highest BCUT2D eigenvalue weighted by molar-refractivity contribution is 5.97. The lowest BCUT2D eigenvalue weighted by Gasteiger charge is -2.42. The first-order valence-electron chi connectivity index (χ1n) is 8.23. The first kappa shape index (κ1) is 16.3. The summed E-state index contributed by atoms with van der Waals surface area (Å²) in [5.74, 6) is 0.781. The number of nitrogens with zero attached hydrogens (tertiary/aromatic N) is 2. The summed E-state index contributed by atoms with van der Waals surface area (Å²) in [6.07, 6.45) is 2.75. The van der Waals surface area contributed by atoms with Crippen LogP contribution in [0, 0.1) is 11.8 Å². The van der Waals surface area contributed by atoms with Gasteiger partial charge < -0.3 is 15.1 Å². The van der Waals surface area contributed by atoms with Crippen LogP contribution in [0.4, 0.5) is 0 Å². The quantitative estimate of drug-likeness (QED) is 0.826. The van der Waals surface area contributed by atoms with Crippen molar-refractivity contribution >= 4 is 11.8 Å². The van der Waals surface area contributed by atoms with Gasteiger partial charge in [0.25, 0.3) is 0 Å². The SMILES string of the molecule is CCCC1NC(=O)C(C(C)C)N(CC2CCN(C)C2)C1=O. The van der Waals surface area contributed by atoms with Crippen molar-refractivity contribution in [3.8, 4) is 0 Å². The van der Waals surface area contributed by atoms with E-state index in [1.165, 1.54) is 0 Å². The van der Waals surface area contributed by atoms with Crippen molar-refractivity contribution in [2.45, 2.75) is 52.1 Å². The molecule has 2 amide bonds. The zero-order valence-corrected chi connectivity index (χ0v) is 13.8. The van der Waals surface area contributed by atoms with Crippen LogP contribution in [0.3, 0.4) is 0 Å². The van der Waals surface area contributed by atoms with Gasteiger partial charge in [-0.3, -0.25) is 9.59 Å². The van der Waals surface area contributed by atoms with Gasteiger partial charge in [0.2, 0.25) is 11.8 Å². The van der Waals surface area contributed by atoms with E-state index in [0.29, 0.717) is 5.92 Å². The van der Waals surface area contributed by atoms with Gasteiger partial charge in [0.1, 0.15) is 12.1 Å². The lowest BCUT2D eigenvalue weighted by molar-refractivity contribution is -0.152. The highest BCUT2D eigenvalue weighted by Gasteiger charge is 2.42. The van der Waals surface area contributed by atoms with Crippen molar-refractivity contribution in [1.82, 2.24) is 15.1 Å². The van der Waals surface area contributed by atoms with E-state index in [2.05, 4.69) is 17.3 Å². The second kappa shape index (κ2) is 6.77. The van der Waals surface area contributed by atoms with Crippen molar-refractivity contribution in [3.05, 3.63) is 0 Å². The normalized spacial score (nSPS) is 31.1. The lowest BCUT2D eigenvalue weighted by atomic mass is 9.94. The number of hydrogen-bond acceptors (Lipinski definition) is 3. The molecule has 5 heteroatoms. The molecule has 0 aromatic rings. The number of amides is 2. The predicted octanol–water partition coefficient (Wildman–Crippen LogP) is 1.09. The van der Waals surface area contributed by atoms with E-state index in [9.17, 15) is 9.59 Å². The molecule has 2 aliphatic rings. The van der Waals surface area contributed by atoms with Gasteiger partial charge >= 0.3 is 0 Å². The van der Waals surface area contributed by atoms with Crippen LogP contribution in [0.5, 0.6) is 0 Å². The van der Waals surface area contributed by atoms with Crippen molar-refractivity contribution < 1.29 is 9.59 Å². The summed E-state index contributed by atoms with van der Waals surface area (Å²) in [5, 5.41) is 2.92. The molecule has 21 heavy (non-hydrogen) atoms. The number of rotatable bonds is 5. The van der Waals surface area contributed by atoms with Crippen molar-refractivity contribution in [2.24, 2.45) is 11.8 Å². The number of piperazine rings is 1. The van der Waals surface area contributed by atoms with Crippen LogP contribution in [0.2, 0.25) is 0 Å². The molecule has 3 unspecified atom stereocenters. The summed E-state index contributed by atoms with van der Waals surface area (Å²) < 4.78 is 0. The molecule has 2 rings (SSSR count). The van der Waals surface area contributed by atoms with Crippen LogP contribution in [0.1, 0.15) is 40.0 Å². The lowest BCUT2D eigenvalue weighted by Crippen LogP contribution is -2.65. The van der Waals surface area contributed by atoms with Crippen LogP contribution >= 0.6 is 0 Å². The van der Waals surface area contributed by atoms with Gasteiger partial charge in [-0.1, -0.05) is 27.2 Å². The molecule has 2 heterocycles. The maximum Gasteiger partial charge on any atom is 0.245 e. The Kier molecular flexibility index (Phi) is 5.25. The standard InChI is InChI=1S/C16H29N3O2/c1-5-6-13-16(21)19(10-12-7-8-18(4)9-12)14(11(2)3)15(20)17-13/h11-14H,5-10H2,1-4H3,(H,17,20). The summed E-state index contributed by atoms with van der Waals surface area (Å²) in [4.78, 5) is 29.3. The van der Waals surface area contributed by atoms with E-state index < -0.39 is 0 Å². The molecular weight excluding hydrogens is 266 g/mol. The van der Waals surface area contributed by atoms with Gasteiger partial charge in [-0.15, -0.1) is 0 Å². The van der Waals surface area contributed by atoms with Gasteiger partial charge in [-0.05, 0) is 38.3 Å². The molecule has 2 saturated heterocycles. The number of hydrogen-bond donors (Lipinski definition) is 1. The van der Waals surface area contributed by atoms with Gasteiger partial charge in [-0.25, -0.2) is 0 Å². The zero-order chi connectivity index (χ0) is 15.6. The highest BCUT2D eigenvalue weighted by Crippen LogP contribution is 2.24. The third kappa shape index (κ3) is 3.57. The number of likely N-dealkylation sites (tertiary alicyclic amines) is 1. The van der Waals surface area contributed by atoms with E-state index in [1.54, 1.807) is 0 Å². The van der Waals surface area contributed by atoms with Crippen LogP contribution in [0.15, 0.2) is 0 Å². The Hall–Kier alpha value is -1.10. The van der Waals surface area contributed by atoms with E-state index in [1.807, 2.05) is 25.7 Å². The average molecular weight is 295 g/mol. The number of nitrogens with one attached hydrogen (secondary N) is 1. The Bertz CT molecular complexity index is 397. The molecule has 3 atom stereocenters. The molecule has 0 aromatic carbocycles. The zero-order valence-electron chi connectivity index (χ0n) is 13.8. The molecule has 0 aromatic heterocycles. The van der Waals surface area contributed by atoms with E-state index in [4.69, 9.17) is 0 Å². The fraction of sp³-hybridized carbons (Fsp3) is 0.875. The number of carbonyl (C=O) groups is 2. The molecule has 0 aliphatic carbocycles. The summed E-state index contributed by atoms with van der Waals surface area (Å²) in [7, 11) is 2.12. The van der Waals surface area contributed by atoms with E-state index in [0.717, 1.165) is 38.9 Å². The van der Waals surface area contributed by atoms with Gasteiger partial charge in [0, 0.05) is 13.1 Å². The summed E-state index contributed by atoms with van der Waals surface area (Å²) >= 11 is 0. The van der Waals surface area contributed by atoms with Crippen LogP contribution in [-0.4, -0.2) is 60.4 Å². The molecule has 5 nitrogen and oxygen atoms in total. The average Bonchev–Trinajstić information content (AvgIpc) is 2.80. The van der Waals surface area contributed by atoms with Gasteiger partial charge in [0.05, 0.1) is 0 Å². The first-order chi connectivity index (χ1) is 9.93. The summed E-state index contributed by atoms with van der Waals surface area (Å²) in [6.45, 7) is 8.92. The minimum Gasteiger partial charge on any atom is -0.342 e. The van der Waals surface area contributed by atoms with Gasteiger partial charge in [0.15, 0.2) is 0 Å². The van der Waals surface area contributed by atoms with E-state index >= 15 is 0 Å². The molecule has 0 bridgehead atoms. The first-order valence-corrected chi connectivity index (χ1v) is 8.23. The molecule has 120 valence electrons. The fourth-order valence-electron chi connectivity index (χ4n) is 3.60. The Morgan fingerprint density at radius 1 is 1.33 bits per heavy atom. The fourth-order valence-corrected chi connectivity index (χ4v) is 3.60. The molecule has 2 aliphatic heterocycles. The largest absolute Gasteiger partial charge is 0.342 e. The minimum absolute atomic E-state index is 0.0226. The van der Waals surface area contributed by atoms with Crippen LogP contribution in [0.25, 0.3) is 0 Å². The summed E-state index contributed by atoms with van der Waals surface area (Å²) in [5.41, 5.74) is 0. The smallest absolute Gasteiger partial charge is 0.245 e. The monoisotopic (exact) mass is 295 g/mol. The summed E-state index contributed by atoms with van der Waals surface area (Å²) in [6, 6.07) is -0.631. The topological polar surface area (TPSA) is 52.7 Å². The maximum absolute atomic E-state index is 12.7. The molecule has 1 N–H and O–H groups in total. The molecule has 0 spiro atoms.